The van der Waals surface area contributed by atoms with Crippen molar-refractivity contribution in [1.29, 1.82) is 0 Å². The molecule has 7 heteroatoms. The molecule has 4 heterocycles. The third-order valence-electron chi connectivity index (χ3n) is 6.56. The monoisotopic (exact) mass is 405 g/mol. The van der Waals surface area contributed by atoms with Crippen LogP contribution in [0.2, 0.25) is 0 Å². The average molecular weight is 406 g/mol. The molecule has 158 valence electrons. The van der Waals surface area contributed by atoms with E-state index >= 15 is 0 Å². The highest BCUT2D eigenvalue weighted by Crippen LogP contribution is 2.32. The number of aromatic amines is 1. The number of aryl methyl sites for hydroxylation is 1. The average Bonchev–Trinajstić information content (AvgIpc) is 3.37. The van der Waals surface area contributed by atoms with Gasteiger partial charge in [-0.2, -0.15) is 0 Å². The number of nitrogens with two attached hydrogens (primary N) is 1. The molecule has 4 N–H and O–H groups in total. The van der Waals surface area contributed by atoms with Gasteiger partial charge in [0.1, 0.15) is 17.8 Å². The van der Waals surface area contributed by atoms with Crippen LogP contribution in [0.15, 0.2) is 36.8 Å². The standard InChI is InChI=1S/C23H31N7/c1-17-13-25-21-20(17)22(28-16-27-21)30-12-9-23(24,15-30)14-26-18-7-3-4-8-19(18)29-10-5-2-6-11-29/h3-4,7-8,13,16,26H,2,5-6,9-12,14-15,24H2,1H3,(H,25,27,28). The van der Waals surface area contributed by atoms with Crippen LogP contribution in [0.1, 0.15) is 31.2 Å². The van der Waals surface area contributed by atoms with Crippen molar-refractivity contribution in [2.75, 3.05) is 47.8 Å². The van der Waals surface area contributed by atoms with E-state index in [1.54, 1.807) is 6.33 Å². The van der Waals surface area contributed by atoms with Gasteiger partial charge in [0.25, 0.3) is 0 Å². The summed E-state index contributed by atoms with van der Waals surface area (Å²) in [5.74, 6) is 0.986. The number of nitrogens with zero attached hydrogens (tertiary/aromatic N) is 4. The maximum absolute atomic E-state index is 6.85. The normalized spacial score (nSPS) is 22.1. The van der Waals surface area contributed by atoms with Gasteiger partial charge in [0.05, 0.1) is 22.3 Å². The molecule has 0 saturated carbocycles. The van der Waals surface area contributed by atoms with Crippen molar-refractivity contribution in [2.45, 2.75) is 38.1 Å². The number of H-pyrrole nitrogens is 1. The maximum atomic E-state index is 6.85. The van der Waals surface area contributed by atoms with Crippen molar-refractivity contribution in [3.63, 3.8) is 0 Å². The van der Waals surface area contributed by atoms with Crippen molar-refractivity contribution in [3.05, 3.63) is 42.4 Å². The summed E-state index contributed by atoms with van der Waals surface area (Å²) in [7, 11) is 0. The number of aromatic nitrogens is 3. The van der Waals surface area contributed by atoms with Crippen LogP contribution in [-0.4, -0.2) is 53.2 Å². The van der Waals surface area contributed by atoms with E-state index in [-0.39, 0.29) is 5.54 Å². The minimum Gasteiger partial charge on any atom is -0.381 e. The zero-order valence-electron chi connectivity index (χ0n) is 17.7. The van der Waals surface area contributed by atoms with E-state index in [1.807, 2.05) is 6.20 Å². The maximum Gasteiger partial charge on any atom is 0.143 e. The fourth-order valence-corrected chi connectivity index (χ4v) is 4.86. The molecule has 2 fully saturated rings. The van der Waals surface area contributed by atoms with Gasteiger partial charge < -0.3 is 25.8 Å². The first-order chi connectivity index (χ1) is 14.6. The summed E-state index contributed by atoms with van der Waals surface area (Å²) in [6.45, 7) is 6.80. The molecule has 2 aliphatic heterocycles. The minimum absolute atomic E-state index is 0.295. The Morgan fingerprint density at radius 3 is 2.80 bits per heavy atom. The van der Waals surface area contributed by atoms with E-state index in [0.717, 1.165) is 56.0 Å². The van der Waals surface area contributed by atoms with Crippen molar-refractivity contribution in [3.8, 4) is 0 Å². The predicted molar refractivity (Wildman–Crippen MR) is 123 cm³/mol. The lowest BCUT2D eigenvalue weighted by Gasteiger charge is -2.32. The Kier molecular flexibility index (Phi) is 4.98. The summed E-state index contributed by atoms with van der Waals surface area (Å²) < 4.78 is 0. The first-order valence-corrected chi connectivity index (χ1v) is 11.0. The van der Waals surface area contributed by atoms with Crippen LogP contribution in [0.5, 0.6) is 0 Å². The van der Waals surface area contributed by atoms with Crippen LogP contribution in [0, 0.1) is 6.92 Å². The Morgan fingerprint density at radius 1 is 1.10 bits per heavy atom. The van der Waals surface area contributed by atoms with E-state index in [9.17, 15) is 0 Å². The fraction of sp³-hybridized carbons (Fsp3) is 0.478. The molecule has 0 aliphatic carbocycles. The smallest absolute Gasteiger partial charge is 0.143 e. The van der Waals surface area contributed by atoms with E-state index in [4.69, 9.17) is 5.73 Å². The van der Waals surface area contributed by atoms with Crippen LogP contribution in [0.3, 0.4) is 0 Å². The summed E-state index contributed by atoms with van der Waals surface area (Å²) in [5, 5.41) is 4.78. The number of hydrogen-bond donors (Lipinski definition) is 3. The Bertz CT molecular complexity index is 1020. The lowest BCUT2D eigenvalue weighted by molar-refractivity contribution is 0.499. The number of rotatable bonds is 5. The molecule has 2 aromatic heterocycles. The van der Waals surface area contributed by atoms with Gasteiger partial charge in [-0.05, 0) is 50.3 Å². The molecular formula is C23H31N7. The van der Waals surface area contributed by atoms with Crippen LogP contribution in [-0.2, 0) is 0 Å². The largest absolute Gasteiger partial charge is 0.381 e. The number of fused-ring (bicyclic) bond motifs is 1. The lowest BCUT2D eigenvalue weighted by atomic mass is 10.00. The van der Waals surface area contributed by atoms with Crippen LogP contribution in [0.4, 0.5) is 17.2 Å². The second-order valence-electron chi connectivity index (χ2n) is 8.84. The quantitative estimate of drug-likeness (QED) is 0.604. The zero-order valence-corrected chi connectivity index (χ0v) is 17.7. The molecule has 7 nitrogen and oxygen atoms in total. The Morgan fingerprint density at radius 2 is 1.93 bits per heavy atom. The molecular weight excluding hydrogens is 374 g/mol. The highest BCUT2D eigenvalue weighted by Gasteiger charge is 2.36. The molecule has 0 spiro atoms. The van der Waals surface area contributed by atoms with Gasteiger partial charge >= 0.3 is 0 Å². The van der Waals surface area contributed by atoms with Crippen LogP contribution >= 0.6 is 0 Å². The van der Waals surface area contributed by atoms with Gasteiger partial charge in [-0.25, -0.2) is 9.97 Å². The van der Waals surface area contributed by atoms with Crippen molar-refractivity contribution in [1.82, 2.24) is 15.0 Å². The zero-order chi connectivity index (χ0) is 20.6. The van der Waals surface area contributed by atoms with E-state index in [1.165, 1.54) is 36.2 Å². The third kappa shape index (κ3) is 3.58. The SMILES string of the molecule is Cc1c[nH]c2ncnc(N3CCC(N)(CNc4ccccc4N4CCCCC4)C3)c12. The third-order valence-corrected chi connectivity index (χ3v) is 6.56. The predicted octanol–water partition coefficient (Wildman–Crippen LogP) is 3.28. The Hall–Kier alpha value is -2.80. The fourth-order valence-electron chi connectivity index (χ4n) is 4.86. The topological polar surface area (TPSA) is 86.1 Å². The molecule has 3 aromatic rings. The van der Waals surface area contributed by atoms with Gasteiger partial charge in [0.2, 0.25) is 0 Å². The number of benzene rings is 1. The molecule has 0 radical (unpaired) electrons. The number of piperidine rings is 1. The summed E-state index contributed by atoms with van der Waals surface area (Å²) >= 11 is 0. The van der Waals surface area contributed by atoms with Crippen LogP contribution < -0.4 is 20.9 Å². The Labute approximate surface area is 177 Å². The molecule has 5 rings (SSSR count). The molecule has 1 aromatic carbocycles. The number of para-hydroxylation sites is 2. The summed E-state index contributed by atoms with van der Waals surface area (Å²) in [6, 6.07) is 8.64. The van der Waals surface area contributed by atoms with E-state index < -0.39 is 0 Å². The second kappa shape index (κ2) is 7.80. The highest BCUT2D eigenvalue weighted by molar-refractivity contribution is 5.90. The van der Waals surface area contributed by atoms with Gasteiger partial charge in [0, 0.05) is 38.9 Å². The lowest BCUT2D eigenvalue weighted by Crippen LogP contribution is -2.48. The number of anilines is 3. The molecule has 0 bridgehead atoms. The molecule has 30 heavy (non-hydrogen) atoms. The molecule has 2 saturated heterocycles. The second-order valence-corrected chi connectivity index (χ2v) is 8.84. The number of hydrogen-bond acceptors (Lipinski definition) is 6. The summed E-state index contributed by atoms with van der Waals surface area (Å²) in [5.41, 5.74) is 11.1. The molecule has 1 atom stereocenters. The van der Waals surface area contributed by atoms with Crippen molar-refractivity contribution in [2.24, 2.45) is 5.73 Å². The summed E-state index contributed by atoms with van der Waals surface area (Å²) in [4.78, 5) is 17.0. The molecule has 2 aliphatic rings. The van der Waals surface area contributed by atoms with Gasteiger partial charge in [0.15, 0.2) is 0 Å². The van der Waals surface area contributed by atoms with Crippen molar-refractivity contribution < 1.29 is 0 Å². The van der Waals surface area contributed by atoms with Crippen molar-refractivity contribution >= 4 is 28.2 Å². The summed E-state index contributed by atoms with van der Waals surface area (Å²) in [6.07, 6.45) is 8.45. The van der Waals surface area contributed by atoms with E-state index in [2.05, 4.69) is 61.3 Å². The van der Waals surface area contributed by atoms with Crippen LogP contribution in [0.25, 0.3) is 11.0 Å². The molecule has 0 amide bonds. The minimum atomic E-state index is -0.295. The van der Waals surface area contributed by atoms with Gasteiger partial charge in [-0.15, -0.1) is 0 Å². The number of nitrogens with one attached hydrogen (secondary N) is 2. The first-order valence-electron chi connectivity index (χ1n) is 11.0. The van der Waals surface area contributed by atoms with Gasteiger partial charge in [-0.3, -0.25) is 0 Å². The first kappa shape index (κ1) is 19.2. The highest BCUT2D eigenvalue weighted by atomic mass is 15.3. The molecule has 1 unspecified atom stereocenters. The van der Waals surface area contributed by atoms with Gasteiger partial charge in [-0.1, -0.05) is 12.1 Å². The van der Waals surface area contributed by atoms with E-state index in [0.29, 0.717) is 0 Å². The Balaban J connectivity index is 1.30.